The van der Waals surface area contributed by atoms with Gasteiger partial charge in [0.1, 0.15) is 11.6 Å². The normalized spacial score (nSPS) is 16.0. The van der Waals surface area contributed by atoms with Gasteiger partial charge in [-0.25, -0.2) is 12.8 Å². The van der Waals surface area contributed by atoms with E-state index in [1.807, 2.05) is 0 Å². The summed E-state index contributed by atoms with van der Waals surface area (Å²) in [6, 6.07) is 9.84. The minimum Gasteiger partial charge on any atom is -0.495 e. The second-order valence-corrected chi connectivity index (χ2v) is 8.82. The number of carbonyl (C=O) groups excluding carboxylic acids is 1. The molecule has 1 N–H and O–H groups in total. The number of hydrogen-bond donors (Lipinski definition) is 1. The lowest BCUT2D eigenvalue weighted by atomic mass is 9.97. The highest BCUT2D eigenvalue weighted by Gasteiger charge is 2.32. The first-order valence-corrected chi connectivity index (χ1v) is 10.5. The Morgan fingerprint density at radius 3 is 2.39 bits per heavy atom. The van der Waals surface area contributed by atoms with Gasteiger partial charge >= 0.3 is 0 Å². The molecule has 0 unspecified atom stereocenters. The number of rotatable bonds is 5. The number of halogens is 2. The Morgan fingerprint density at radius 1 is 1.18 bits per heavy atom. The number of nitrogens with zero attached hydrogens (tertiary/aromatic N) is 1. The topological polar surface area (TPSA) is 75.7 Å². The number of methoxy groups -OCH3 is 1. The number of sulfonamides is 1. The lowest BCUT2D eigenvalue weighted by Gasteiger charge is -2.30. The number of nitrogens with one attached hydrogen (secondary N) is 1. The number of benzene rings is 2. The molecule has 1 fully saturated rings. The summed E-state index contributed by atoms with van der Waals surface area (Å²) in [6.45, 7) is 0.459. The van der Waals surface area contributed by atoms with Gasteiger partial charge in [0.2, 0.25) is 15.9 Å². The smallest absolute Gasteiger partial charge is 0.243 e. The average Bonchev–Trinajstić information content (AvgIpc) is 2.69. The highest BCUT2D eigenvalue weighted by molar-refractivity contribution is 7.89. The summed E-state index contributed by atoms with van der Waals surface area (Å²) in [7, 11) is -2.25. The Hall–Kier alpha value is -2.16. The van der Waals surface area contributed by atoms with Crippen LogP contribution < -0.4 is 10.1 Å². The number of amides is 1. The lowest BCUT2D eigenvalue weighted by molar-refractivity contribution is -0.120. The largest absolute Gasteiger partial charge is 0.495 e. The van der Waals surface area contributed by atoms with Crippen LogP contribution in [-0.4, -0.2) is 38.8 Å². The quantitative estimate of drug-likeness (QED) is 0.793. The predicted octanol–water partition coefficient (Wildman–Crippen LogP) is 3.53. The molecule has 6 nitrogen and oxygen atoms in total. The van der Waals surface area contributed by atoms with E-state index < -0.39 is 10.0 Å². The third kappa shape index (κ3) is 4.45. The van der Waals surface area contributed by atoms with Crippen LogP contribution in [0.25, 0.3) is 0 Å². The van der Waals surface area contributed by atoms with Gasteiger partial charge in [-0.05, 0) is 55.3 Å². The van der Waals surface area contributed by atoms with Crippen LogP contribution in [0.3, 0.4) is 0 Å². The van der Waals surface area contributed by atoms with Crippen LogP contribution in [0.2, 0.25) is 5.02 Å². The maximum atomic E-state index is 13.0. The summed E-state index contributed by atoms with van der Waals surface area (Å²) in [4.78, 5) is 12.5. The van der Waals surface area contributed by atoms with Crippen LogP contribution in [0.5, 0.6) is 5.75 Å². The van der Waals surface area contributed by atoms with Crippen molar-refractivity contribution >= 4 is 33.2 Å². The minimum absolute atomic E-state index is 0.0903. The molecule has 0 radical (unpaired) electrons. The summed E-state index contributed by atoms with van der Waals surface area (Å²) in [6.07, 6.45) is 0.798. The first-order chi connectivity index (χ1) is 13.3. The molecule has 0 aromatic heterocycles. The lowest BCUT2D eigenvalue weighted by Crippen LogP contribution is -2.41. The molecule has 1 saturated heterocycles. The zero-order chi connectivity index (χ0) is 20.3. The molecule has 1 aliphatic heterocycles. The molecular weight excluding hydrogens is 407 g/mol. The van der Waals surface area contributed by atoms with Crippen LogP contribution in [0.4, 0.5) is 10.1 Å². The van der Waals surface area contributed by atoms with E-state index in [4.69, 9.17) is 16.3 Å². The van der Waals surface area contributed by atoms with Crippen LogP contribution in [0, 0.1) is 11.7 Å². The Labute approximate surface area is 168 Å². The fraction of sp³-hybridized carbons (Fsp3) is 0.316. The van der Waals surface area contributed by atoms with Crippen molar-refractivity contribution < 1.29 is 22.3 Å². The zero-order valence-corrected chi connectivity index (χ0v) is 16.8. The molecule has 1 aliphatic rings. The van der Waals surface area contributed by atoms with Gasteiger partial charge in [0, 0.05) is 24.7 Å². The van der Waals surface area contributed by atoms with Gasteiger partial charge in [0.05, 0.1) is 17.0 Å². The van der Waals surface area contributed by atoms with Crippen molar-refractivity contribution in [1.82, 2.24) is 4.31 Å². The number of piperidine rings is 1. The maximum Gasteiger partial charge on any atom is 0.243 e. The summed E-state index contributed by atoms with van der Waals surface area (Å²) >= 11 is 6.04. The predicted molar refractivity (Wildman–Crippen MR) is 105 cm³/mol. The Bertz CT molecular complexity index is 958. The monoisotopic (exact) mass is 426 g/mol. The van der Waals surface area contributed by atoms with Crippen molar-refractivity contribution in [3.8, 4) is 5.75 Å². The second-order valence-electron chi connectivity index (χ2n) is 6.47. The van der Waals surface area contributed by atoms with Crippen molar-refractivity contribution in [3.05, 3.63) is 53.3 Å². The van der Waals surface area contributed by atoms with E-state index in [-0.39, 0.29) is 40.6 Å². The van der Waals surface area contributed by atoms with E-state index in [9.17, 15) is 17.6 Å². The van der Waals surface area contributed by atoms with Crippen LogP contribution in [-0.2, 0) is 14.8 Å². The van der Waals surface area contributed by atoms with Gasteiger partial charge in [-0.3, -0.25) is 4.79 Å². The molecular formula is C19H20ClFN2O4S. The highest BCUT2D eigenvalue weighted by atomic mass is 35.5. The molecule has 9 heteroatoms. The summed E-state index contributed by atoms with van der Waals surface area (Å²) in [5.41, 5.74) is 0.509. The van der Waals surface area contributed by atoms with E-state index in [1.165, 1.54) is 53.9 Å². The summed E-state index contributed by atoms with van der Waals surface area (Å²) in [5.74, 6) is -0.487. The van der Waals surface area contributed by atoms with Crippen molar-refractivity contribution in [3.63, 3.8) is 0 Å². The van der Waals surface area contributed by atoms with Crippen molar-refractivity contribution in [2.24, 2.45) is 5.92 Å². The van der Waals surface area contributed by atoms with Gasteiger partial charge < -0.3 is 10.1 Å². The van der Waals surface area contributed by atoms with Crippen LogP contribution >= 0.6 is 11.6 Å². The van der Waals surface area contributed by atoms with E-state index in [1.54, 1.807) is 0 Å². The molecule has 0 aliphatic carbocycles. The van der Waals surface area contributed by atoms with E-state index in [0.29, 0.717) is 24.3 Å². The molecule has 1 amide bonds. The molecule has 1 heterocycles. The fourth-order valence-electron chi connectivity index (χ4n) is 3.09. The van der Waals surface area contributed by atoms with Crippen molar-refractivity contribution in [2.45, 2.75) is 17.7 Å². The van der Waals surface area contributed by atoms with Crippen LogP contribution in [0.1, 0.15) is 12.8 Å². The van der Waals surface area contributed by atoms with E-state index >= 15 is 0 Å². The number of ether oxygens (including phenoxy) is 1. The summed E-state index contributed by atoms with van der Waals surface area (Å²) < 4.78 is 45.0. The highest BCUT2D eigenvalue weighted by Crippen LogP contribution is 2.30. The van der Waals surface area contributed by atoms with Gasteiger partial charge in [-0.15, -0.1) is 0 Å². The Morgan fingerprint density at radius 2 is 1.82 bits per heavy atom. The SMILES string of the molecule is COc1ccc(S(=O)(=O)N2CCC(C(=O)Nc3ccc(F)cc3)CC2)cc1Cl. The molecule has 28 heavy (non-hydrogen) atoms. The molecule has 2 aromatic rings. The van der Waals surface area contributed by atoms with Crippen LogP contribution in [0.15, 0.2) is 47.4 Å². The Kier molecular flexibility index (Phi) is 6.22. The molecule has 3 rings (SSSR count). The second kappa shape index (κ2) is 8.46. The zero-order valence-electron chi connectivity index (χ0n) is 15.2. The van der Waals surface area contributed by atoms with E-state index in [0.717, 1.165) is 0 Å². The third-order valence-corrected chi connectivity index (χ3v) is 6.89. The molecule has 0 atom stereocenters. The maximum absolute atomic E-state index is 13.0. The fourth-order valence-corrected chi connectivity index (χ4v) is 4.91. The van der Waals surface area contributed by atoms with Crippen molar-refractivity contribution in [1.29, 1.82) is 0 Å². The first-order valence-electron chi connectivity index (χ1n) is 8.71. The van der Waals surface area contributed by atoms with E-state index in [2.05, 4.69) is 5.32 Å². The molecule has 2 aromatic carbocycles. The summed E-state index contributed by atoms with van der Waals surface area (Å²) in [5, 5.41) is 2.96. The van der Waals surface area contributed by atoms with Gasteiger partial charge in [-0.1, -0.05) is 11.6 Å². The van der Waals surface area contributed by atoms with Gasteiger partial charge in [-0.2, -0.15) is 4.31 Å². The Balaban J connectivity index is 1.63. The third-order valence-electron chi connectivity index (χ3n) is 4.70. The molecule has 0 saturated carbocycles. The standard InChI is InChI=1S/C19H20ClFN2O4S/c1-27-18-7-6-16(12-17(18)20)28(25,26)23-10-8-13(9-11-23)19(24)22-15-4-2-14(21)3-5-15/h2-7,12-13H,8-11H2,1H3,(H,22,24). The number of anilines is 1. The van der Waals surface area contributed by atoms with Crippen molar-refractivity contribution in [2.75, 3.05) is 25.5 Å². The number of carbonyl (C=O) groups is 1. The molecule has 0 bridgehead atoms. The average molecular weight is 427 g/mol. The van der Waals surface area contributed by atoms with Gasteiger partial charge in [0.15, 0.2) is 0 Å². The minimum atomic E-state index is -3.70. The first kappa shape index (κ1) is 20.6. The number of hydrogen-bond acceptors (Lipinski definition) is 4. The van der Waals surface area contributed by atoms with Gasteiger partial charge in [0.25, 0.3) is 0 Å². The molecule has 150 valence electrons. The molecule has 0 spiro atoms.